The summed E-state index contributed by atoms with van der Waals surface area (Å²) in [5.74, 6) is 0.476. The first-order valence-electron chi connectivity index (χ1n) is 9.54. The molecular formula is C20H25N3O4. The summed E-state index contributed by atoms with van der Waals surface area (Å²) in [5.41, 5.74) is 1.03. The first kappa shape index (κ1) is 17.8. The quantitative estimate of drug-likeness (QED) is 0.770. The predicted molar refractivity (Wildman–Crippen MR) is 97.8 cm³/mol. The molecule has 1 saturated carbocycles. The molecule has 1 aliphatic carbocycles. The number of amides is 3. The van der Waals surface area contributed by atoms with Crippen molar-refractivity contribution in [2.45, 2.75) is 31.8 Å². The molecule has 0 N–H and O–H groups in total. The van der Waals surface area contributed by atoms with Crippen molar-refractivity contribution in [2.75, 3.05) is 33.3 Å². The number of rotatable bonds is 5. The summed E-state index contributed by atoms with van der Waals surface area (Å²) in [5, 5.41) is 0. The molecule has 4 rings (SSSR count). The Labute approximate surface area is 158 Å². The number of piperazine rings is 1. The van der Waals surface area contributed by atoms with Gasteiger partial charge in [0, 0.05) is 38.6 Å². The summed E-state index contributed by atoms with van der Waals surface area (Å²) < 4.78 is 5.15. The van der Waals surface area contributed by atoms with E-state index in [-0.39, 0.29) is 36.6 Å². The van der Waals surface area contributed by atoms with E-state index < -0.39 is 0 Å². The number of likely N-dealkylation sites (tertiary alicyclic amines) is 1. The summed E-state index contributed by atoms with van der Waals surface area (Å²) in [6.07, 6.45) is 2.39. The monoisotopic (exact) mass is 371 g/mol. The topological polar surface area (TPSA) is 70.2 Å². The van der Waals surface area contributed by atoms with Crippen LogP contribution in [0.5, 0.6) is 5.75 Å². The van der Waals surface area contributed by atoms with Crippen LogP contribution in [0.25, 0.3) is 0 Å². The number of benzene rings is 1. The van der Waals surface area contributed by atoms with E-state index in [4.69, 9.17) is 4.74 Å². The fourth-order valence-corrected chi connectivity index (χ4v) is 3.91. The number of nitrogens with zero attached hydrogens (tertiary/aromatic N) is 3. The number of hydrogen-bond acceptors (Lipinski definition) is 4. The molecular weight excluding hydrogens is 346 g/mol. The lowest BCUT2D eigenvalue weighted by Gasteiger charge is -2.35. The molecule has 3 amide bonds. The van der Waals surface area contributed by atoms with E-state index in [1.54, 1.807) is 16.9 Å². The van der Waals surface area contributed by atoms with E-state index in [1.165, 1.54) is 0 Å². The van der Waals surface area contributed by atoms with Crippen molar-refractivity contribution in [3.05, 3.63) is 29.8 Å². The van der Waals surface area contributed by atoms with Crippen LogP contribution in [-0.4, -0.2) is 71.8 Å². The lowest BCUT2D eigenvalue weighted by atomic mass is 10.1. The summed E-state index contributed by atoms with van der Waals surface area (Å²) in [6, 6.07) is 7.99. The minimum absolute atomic E-state index is 0.0474. The number of methoxy groups -OCH3 is 1. The summed E-state index contributed by atoms with van der Waals surface area (Å²) >= 11 is 0. The van der Waals surface area contributed by atoms with E-state index in [2.05, 4.69) is 0 Å². The van der Waals surface area contributed by atoms with Gasteiger partial charge >= 0.3 is 0 Å². The second-order valence-electron chi connectivity index (χ2n) is 7.60. The Morgan fingerprint density at radius 2 is 1.85 bits per heavy atom. The Balaban J connectivity index is 1.32. The Bertz CT molecular complexity index is 744. The maximum atomic E-state index is 12.8. The Kier molecular flexibility index (Phi) is 4.76. The fourth-order valence-electron chi connectivity index (χ4n) is 3.91. The largest absolute Gasteiger partial charge is 0.497 e. The molecule has 0 spiro atoms. The lowest BCUT2D eigenvalue weighted by Crippen LogP contribution is -2.53. The number of ether oxygens (including phenoxy) is 1. The molecule has 144 valence electrons. The van der Waals surface area contributed by atoms with Gasteiger partial charge in [-0.1, -0.05) is 12.1 Å². The van der Waals surface area contributed by atoms with Gasteiger partial charge in [0.05, 0.1) is 19.6 Å². The third-order valence-corrected chi connectivity index (χ3v) is 5.66. The zero-order chi connectivity index (χ0) is 19.0. The smallest absolute Gasteiger partial charge is 0.242 e. The van der Waals surface area contributed by atoms with Crippen molar-refractivity contribution >= 4 is 17.7 Å². The minimum atomic E-state index is -0.293. The van der Waals surface area contributed by atoms with Gasteiger partial charge in [-0.15, -0.1) is 0 Å². The van der Waals surface area contributed by atoms with Gasteiger partial charge in [0.15, 0.2) is 0 Å². The van der Waals surface area contributed by atoms with Gasteiger partial charge in [0.2, 0.25) is 17.7 Å². The third-order valence-electron chi connectivity index (χ3n) is 5.66. The highest BCUT2D eigenvalue weighted by Gasteiger charge is 2.43. The highest BCUT2D eigenvalue weighted by Crippen LogP contribution is 2.33. The highest BCUT2D eigenvalue weighted by molar-refractivity contribution is 5.92. The van der Waals surface area contributed by atoms with Crippen molar-refractivity contribution in [1.29, 1.82) is 0 Å². The van der Waals surface area contributed by atoms with Gasteiger partial charge in [-0.05, 0) is 30.5 Å². The lowest BCUT2D eigenvalue weighted by molar-refractivity contribution is -0.147. The molecule has 0 bridgehead atoms. The molecule has 0 unspecified atom stereocenters. The molecule has 3 aliphatic rings. The van der Waals surface area contributed by atoms with Crippen molar-refractivity contribution in [3.8, 4) is 5.75 Å². The molecule has 2 heterocycles. The van der Waals surface area contributed by atoms with Crippen LogP contribution in [0.4, 0.5) is 0 Å². The molecule has 0 aromatic heterocycles. The maximum Gasteiger partial charge on any atom is 0.242 e. The van der Waals surface area contributed by atoms with Gasteiger partial charge in [-0.25, -0.2) is 0 Å². The Morgan fingerprint density at radius 1 is 1.11 bits per heavy atom. The summed E-state index contributed by atoms with van der Waals surface area (Å²) in [6.45, 7) is 2.19. The number of carbonyl (C=O) groups is 3. The Morgan fingerprint density at radius 3 is 2.48 bits per heavy atom. The van der Waals surface area contributed by atoms with Crippen molar-refractivity contribution in [2.24, 2.45) is 5.92 Å². The van der Waals surface area contributed by atoms with Crippen molar-refractivity contribution in [1.82, 2.24) is 14.7 Å². The van der Waals surface area contributed by atoms with Crippen LogP contribution in [0.1, 0.15) is 24.8 Å². The van der Waals surface area contributed by atoms with E-state index >= 15 is 0 Å². The molecule has 7 heteroatoms. The van der Waals surface area contributed by atoms with Crippen molar-refractivity contribution in [3.63, 3.8) is 0 Å². The molecule has 3 fully saturated rings. The summed E-state index contributed by atoms with van der Waals surface area (Å²) in [7, 11) is 1.62. The van der Waals surface area contributed by atoms with Crippen molar-refractivity contribution < 1.29 is 19.1 Å². The van der Waals surface area contributed by atoms with Crippen LogP contribution < -0.4 is 4.74 Å². The first-order chi connectivity index (χ1) is 13.0. The van der Waals surface area contributed by atoms with E-state index in [0.717, 1.165) is 24.2 Å². The fraction of sp³-hybridized carbons (Fsp3) is 0.550. The highest BCUT2D eigenvalue weighted by atomic mass is 16.5. The van der Waals surface area contributed by atoms with Gasteiger partial charge in [-0.3, -0.25) is 14.4 Å². The zero-order valence-electron chi connectivity index (χ0n) is 15.6. The second kappa shape index (κ2) is 7.21. The molecule has 1 aromatic rings. The van der Waals surface area contributed by atoms with Gasteiger partial charge in [0.1, 0.15) is 5.75 Å². The minimum Gasteiger partial charge on any atom is -0.497 e. The summed E-state index contributed by atoms with van der Waals surface area (Å²) in [4.78, 5) is 42.7. The first-order valence-corrected chi connectivity index (χ1v) is 9.54. The van der Waals surface area contributed by atoms with Crippen LogP contribution in [0.2, 0.25) is 0 Å². The number of hydrogen-bond donors (Lipinski definition) is 0. The standard InChI is InChI=1S/C20H25N3O4/c1-27-17-6-2-14(3-7-17)11-21-8-9-22(13-19(21)25)20(26)15-10-18(24)23(12-15)16-4-5-16/h2-3,6-7,15-16H,4-5,8-13H2,1H3/t15-/m1/s1. The molecule has 2 aliphatic heterocycles. The van der Waals surface area contributed by atoms with Crippen LogP contribution in [0, 0.1) is 5.92 Å². The van der Waals surface area contributed by atoms with Crippen LogP contribution in [0.15, 0.2) is 24.3 Å². The molecule has 1 aromatic carbocycles. The average molecular weight is 371 g/mol. The second-order valence-corrected chi connectivity index (χ2v) is 7.60. The van der Waals surface area contributed by atoms with E-state index in [0.29, 0.717) is 32.2 Å². The average Bonchev–Trinajstić information content (AvgIpc) is 3.45. The molecule has 2 saturated heterocycles. The SMILES string of the molecule is COc1ccc(CN2CCN(C(=O)[C@@H]3CC(=O)N(C4CC4)C3)CC2=O)cc1. The molecule has 0 radical (unpaired) electrons. The van der Waals surface area contributed by atoms with E-state index in [1.807, 2.05) is 29.2 Å². The maximum absolute atomic E-state index is 12.8. The Hall–Kier alpha value is -2.57. The van der Waals surface area contributed by atoms with Crippen LogP contribution in [0.3, 0.4) is 0 Å². The van der Waals surface area contributed by atoms with E-state index in [9.17, 15) is 14.4 Å². The van der Waals surface area contributed by atoms with Gasteiger partial charge in [-0.2, -0.15) is 0 Å². The van der Waals surface area contributed by atoms with Gasteiger partial charge < -0.3 is 19.4 Å². The molecule has 1 atom stereocenters. The molecule has 27 heavy (non-hydrogen) atoms. The van der Waals surface area contributed by atoms with Crippen LogP contribution >= 0.6 is 0 Å². The van der Waals surface area contributed by atoms with Crippen LogP contribution in [-0.2, 0) is 20.9 Å². The predicted octanol–water partition coefficient (Wildman–Crippen LogP) is 0.877. The van der Waals surface area contributed by atoms with Gasteiger partial charge in [0.25, 0.3) is 0 Å². The normalized spacial score (nSPS) is 23.1. The third kappa shape index (κ3) is 3.77. The number of carbonyl (C=O) groups excluding carboxylic acids is 3. The zero-order valence-corrected chi connectivity index (χ0v) is 15.6. The molecule has 7 nitrogen and oxygen atoms in total.